The van der Waals surface area contributed by atoms with Crippen molar-refractivity contribution >= 4 is 27.6 Å². The maximum absolute atomic E-state index is 11.2. The van der Waals surface area contributed by atoms with Crippen molar-refractivity contribution in [2.45, 2.75) is 0 Å². The van der Waals surface area contributed by atoms with Gasteiger partial charge in [-0.1, -0.05) is 18.2 Å². The lowest BCUT2D eigenvalue weighted by Gasteiger charge is -2.05. The molecule has 0 saturated heterocycles. The van der Waals surface area contributed by atoms with E-state index in [9.17, 15) is 9.90 Å². The summed E-state index contributed by atoms with van der Waals surface area (Å²) in [5.74, 6) is -0.138. The van der Waals surface area contributed by atoms with E-state index in [0.29, 0.717) is 0 Å². The standard InChI is InChI=1S/C19H14N2O3/c1-24-15-6-4-11-8-13(3-2-12(11)9-15)18-16-10-14(19(22)23)5-7-17(16)20-21-18/h2-10H,1H3,(H,20,21)(H,22,23). The van der Waals surface area contributed by atoms with Crippen LogP contribution in [-0.2, 0) is 0 Å². The Hall–Kier alpha value is -3.34. The maximum atomic E-state index is 11.2. The third-order valence-electron chi connectivity index (χ3n) is 4.13. The van der Waals surface area contributed by atoms with E-state index in [-0.39, 0.29) is 5.56 Å². The lowest BCUT2D eigenvalue weighted by Crippen LogP contribution is -1.94. The van der Waals surface area contributed by atoms with E-state index in [4.69, 9.17) is 4.74 Å². The predicted octanol–water partition coefficient (Wildman–Crippen LogP) is 4.09. The van der Waals surface area contributed by atoms with Crippen LogP contribution in [0.2, 0.25) is 0 Å². The molecule has 0 amide bonds. The average Bonchev–Trinajstić information content (AvgIpc) is 3.03. The largest absolute Gasteiger partial charge is 0.497 e. The van der Waals surface area contributed by atoms with E-state index >= 15 is 0 Å². The number of methoxy groups -OCH3 is 1. The van der Waals surface area contributed by atoms with Gasteiger partial charge >= 0.3 is 5.97 Å². The van der Waals surface area contributed by atoms with Crippen molar-refractivity contribution in [2.24, 2.45) is 0 Å². The van der Waals surface area contributed by atoms with Crippen LogP contribution in [0.15, 0.2) is 54.6 Å². The number of nitrogens with one attached hydrogen (secondary N) is 1. The maximum Gasteiger partial charge on any atom is 0.335 e. The summed E-state index contributed by atoms with van der Waals surface area (Å²) in [5, 5.41) is 19.4. The van der Waals surface area contributed by atoms with E-state index in [0.717, 1.165) is 38.7 Å². The molecule has 118 valence electrons. The first-order valence-corrected chi connectivity index (χ1v) is 7.45. The van der Waals surface area contributed by atoms with E-state index in [1.807, 2.05) is 36.4 Å². The first-order valence-electron chi connectivity index (χ1n) is 7.45. The minimum atomic E-state index is -0.949. The molecule has 24 heavy (non-hydrogen) atoms. The molecule has 0 spiro atoms. The van der Waals surface area contributed by atoms with Crippen molar-refractivity contribution in [1.29, 1.82) is 0 Å². The Morgan fingerprint density at radius 3 is 2.62 bits per heavy atom. The summed E-state index contributed by atoms with van der Waals surface area (Å²) in [6, 6.07) is 16.9. The smallest absolute Gasteiger partial charge is 0.335 e. The zero-order chi connectivity index (χ0) is 16.7. The zero-order valence-electron chi connectivity index (χ0n) is 12.9. The third-order valence-corrected chi connectivity index (χ3v) is 4.13. The number of ether oxygens (including phenoxy) is 1. The molecule has 0 fully saturated rings. The number of carbonyl (C=O) groups is 1. The molecular formula is C19H14N2O3. The minimum Gasteiger partial charge on any atom is -0.497 e. The van der Waals surface area contributed by atoms with Crippen LogP contribution in [0, 0.1) is 0 Å². The Bertz CT molecular complexity index is 1080. The molecule has 5 heteroatoms. The van der Waals surface area contributed by atoms with E-state index in [2.05, 4.69) is 10.2 Å². The number of fused-ring (bicyclic) bond motifs is 2. The second-order valence-electron chi connectivity index (χ2n) is 5.57. The number of aromatic amines is 1. The number of aromatic nitrogens is 2. The van der Waals surface area contributed by atoms with Gasteiger partial charge in [-0.25, -0.2) is 4.79 Å². The topological polar surface area (TPSA) is 75.2 Å². The highest BCUT2D eigenvalue weighted by molar-refractivity contribution is 6.00. The Morgan fingerprint density at radius 1 is 1.04 bits per heavy atom. The van der Waals surface area contributed by atoms with Crippen molar-refractivity contribution < 1.29 is 14.6 Å². The van der Waals surface area contributed by atoms with Crippen LogP contribution in [0.25, 0.3) is 32.9 Å². The summed E-state index contributed by atoms with van der Waals surface area (Å²) < 4.78 is 5.25. The van der Waals surface area contributed by atoms with Gasteiger partial charge in [-0.15, -0.1) is 0 Å². The van der Waals surface area contributed by atoms with Gasteiger partial charge in [0.25, 0.3) is 0 Å². The monoisotopic (exact) mass is 318 g/mol. The van der Waals surface area contributed by atoms with Gasteiger partial charge in [-0.05, 0) is 47.2 Å². The second kappa shape index (κ2) is 5.38. The number of carboxylic acids is 1. The van der Waals surface area contributed by atoms with Gasteiger partial charge in [0, 0.05) is 10.9 Å². The fraction of sp³-hybridized carbons (Fsp3) is 0.0526. The van der Waals surface area contributed by atoms with Crippen LogP contribution in [0.3, 0.4) is 0 Å². The Kier molecular flexibility index (Phi) is 3.20. The second-order valence-corrected chi connectivity index (χ2v) is 5.57. The summed E-state index contributed by atoms with van der Waals surface area (Å²) in [6.07, 6.45) is 0. The fourth-order valence-corrected chi connectivity index (χ4v) is 2.87. The average molecular weight is 318 g/mol. The Labute approximate surface area is 137 Å². The molecule has 0 aliphatic heterocycles. The van der Waals surface area contributed by atoms with Gasteiger partial charge in [-0.2, -0.15) is 5.10 Å². The van der Waals surface area contributed by atoms with Gasteiger partial charge in [-0.3, -0.25) is 5.10 Å². The molecular weight excluding hydrogens is 304 g/mol. The Morgan fingerprint density at radius 2 is 1.83 bits per heavy atom. The summed E-state index contributed by atoms with van der Waals surface area (Å²) in [4.78, 5) is 11.2. The molecule has 0 radical (unpaired) electrons. The Balaban J connectivity index is 1.88. The summed E-state index contributed by atoms with van der Waals surface area (Å²) in [6.45, 7) is 0. The highest BCUT2D eigenvalue weighted by Gasteiger charge is 2.12. The first kappa shape index (κ1) is 14.3. The molecule has 2 N–H and O–H groups in total. The highest BCUT2D eigenvalue weighted by Crippen LogP contribution is 2.30. The number of benzene rings is 3. The third kappa shape index (κ3) is 2.27. The molecule has 5 nitrogen and oxygen atoms in total. The van der Waals surface area contributed by atoms with Crippen molar-refractivity contribution in [2.75, 3.05) is 7.11 Å². The molecule has 0 aliphatic carbocycles. The number of carboxylic acid groups (broad SMARTS) is 1. The number of nitrogens with zero attached hydrogens (tertiary/aromatic N) is 1. The van der Waals surface area contributed by atoms with Crippen molar-refractivity contribution in [3.63, 3.8) is 0 Å². The summed E-state index contributed by atoms with van der Waals surface area (Å²) in [7, 11) is 1.64. The van der Waals surface area contributed by atoms with Crippen LogP contribution < -0.4 is 4.74 Å². The molecule has 3 aromatic carbocycles. The quantitative estimate of drug-likeness (QED) is 0.596. The van der Waals surface area contributed by atoms with Gasteiger partial charge in [0.05, 0.1) is 23.9 Å². The van der Waals surface area contributed by atoms with Crippen LogP contribution >= 0.6 is 0 Å². The molecule has 0 aliphatic rings. The van der Waals surface area contributed by atoms with Crippen molar-refractivity contribution in [1.82, 2.24) is 10.2 Å². The molecule has 1 heterocycles. The van der Waals surface area contributed by atoms with E-state index in [1.165, 1.54) is 0 Å². The lowest BCUT2D eigenvalue weighted by atomic mass is 10.0. The SMILES string of the molecule is COc1ccc2cc(-c3n[nH]c4ccc(C(=O)O)cc34)ccc2c1. The molecule has 0 atom stereocenters. The highest BCUT2D eigenvalue weighted by atomic mass is 16.5. The molecule has 4 rings (SSSR count). The predicted molar refractivity (Wildman–Crippen MR) is 92.5 cm³/mol. The van der Waals surface area contributed by atoms with Crippen LogP contribution in [0.4, 0.5) is 0 Å². The van der Waals surface area contributed by atoms with E-state index in [1.54, 1.807) is 25.3 Å². The van der Waals surface area contributed by atoms with Crippen molar-refractivity contribution in [3.05, 3.63) is 60.2 Å². The molecule has 0 bridgehead atoms. The molecule has 4 aromatic rings. The first-order chi connectivity index (χ1) is 11.7. The van der Waals surface area contributed by atoms with E-state index < -0.39 is 5.97 Å². The summed E-state index contributed by atoms with van der Waals surface area (Å²) in [5.41, 5.74) is 2.73. The molecule has 0 unspecified atom stereocenters. The normalized spacial score (nSPS) is 11.0. The van der Waals surface area contributed by atoms with Crippen LogP contribution in [-0.4, -0.2) is 28.4 Å². The van der Waals surface area contributed by atoms with Crippen LogP contribution in [0.5, 0.6) is 5.75 Å². The van der Waals surface area contributed by atoms with Crippen molar-refractivity contribution in [3.8, 4) is 17.0 Å². The number of H-pyrrole nitrogens is 1. The summed E-state index contributed by atoms with van der Waals surface area (Å²) >= 11 is 0. The van der Waals surface area contributed by atoms with Gasteiger partial charge in [0.15, 0.2) is 0 Å². The van der Waals surface area contributed by atoms with Crippen LogP contribution in [0.1, 0.15) is 10.4 Å². The molecule has 1 aromatic heterocycles. The zero-order valence-corrected chi connectivity index (χ0v) is 12.9. The lowest BCUT2D eigenvalue weighted by molar-refractivity contribution is 0.0697. The van der Waals surface area contributed by atoms with Gasteiger partial charge in [0.2, 0.25) is 0 Å². The number of hydrogen-bond donors (Lipinski definition) is 2. The fourth-order valence-electron chi connectivity index (χ4n) is 2.87. The number of aromatic carboxylic acids is 1. The minimum absolute atomic E-state index is 0.246. The number of hydrogen-bond acceptors (Lipinski definition) is 3. The number of rotatable bonds is 3. The van der Waals surface area contributed by atoms with Gasteiger partial charge in [0.1, 0.15) is 5.75 Å². The van der Waals surface area contributed by atoms with Gasteiger partial charge < -0.3 is 9.84 Å². The molecule has 0 saturated carbocycles.